The van der Waals surface area contributed by atoms with E-state index in [-0.39, 0.29) is 37.5 Å². The molecule has 1 unspecified atom stereocenters. The maximum absolute atomic E-state index is 12.8. The normalized spacial score (nSPS) is 13.0. The molecule has 6 nitrogen and oxygen atoms in total. The summed E-state index contributed by atoms with van der Waals surface area (Å²) in [5, 5.41) is 0. The minimum Gasteiger partial charge on any atom is -0.462 e. The van der Waals surface area contributed by atoms with Crippen LogP contribution in [0.2, 0.25) is 0 Å². The van der Waals surface area contributed by atoms with Crippen molar-refractivity contribution in [1.82, 2.24) is 0 Å². The van der Waals surface area contributed by atoms with E-state index in [2.05, 4.69) is 75.5 Å². The highest BCUT2D eigenvalue weighted by molar-refractivity contribution is 5.71. The van der Waals surface area contributed by atoms with Crippen molar-refractivity contribution in [2.24, 2.45) is 0 Å². The van der Waals surface area contributed by atoms with Crippen LogP contribution in [0.15, 0.2) is 109 Å². The molecule has 0 N–H and O–H groups in total. The molecule has 0 rings (SSSR count). The van der Waals surface area contributed by atoms with Crippen LogP contribution < -0.4 is 0 Å². The van der Waals surface area contributed by atoms with Crippen LogP contribution >= 0.6 is 0 Å². The fraction of sp³-hybridized carbons (Fsp3) is 0.644. The molecule has 0 aromatic carbocycles. The van der Waals surface area contributed by atoms with Crippen LogP contribution in [0.4, 0.5) is 0 Å². The minimum absolute atomic E-state index is 0.108. The SMILES string of the molecule is CC\C=C/C=C\C=C/C=C\C=C/CCCC(=O)OCC(COC(=O)CCCCCCCC/C=C\C/C=C\C/C=C\C/C=C\CC)OC(=O)CCCCCCCCCCCCCCCCC. The van der Waals surface area contributed by atoms with E-state index in [9.17, 15) is 14.4 Å². The average molecular weight is 901 g/mol. The topological polar surface area (TPSA) is 78.9 Å². The maximum atomic E-state index is 12.8. The molecule has 0 saturated heterocycles. The number of ether oxygens (including phenoxy) is 3. The van der Waals surface area contributed by atoms with Crippen molar-refractivity contribution in [1.29, 1.82) is 0 Å². The molecule has 0 aromatic rings. The summed E-state index contributed by atoms with van der Waals surface area (Å²) in [6, 6.07) is 0. The van der Waals surface area contributed by atoms with Gasteiger partial charge in [0.2, 0.25) is 0 Å². The molecule has 1 atom stereocenters. The molecule has 368 valence electrons. The Balaban J connectivity index is 4.48. The van der Waals surface area contributed by atoms with Crippen molar-refractivity contribution in [3.63, 3.8) is 0 Å². The average Bonchev–Trinajstić information content (AvgIpc) is 3.30. The summed E-state index contributed by atoms with van der Waals surface area (Å²) in [4.78, 5) is 38.0. The molecule has 6 heteroatoms. The number of unbranched alkanes of at least 4 members (excludes halogenated alkanes) is 21. The lowest BCUT2D eigenvalue weighted by molar-refractivity contribution is -0.167. The third-order valence-electron chi connectivity index (χ3n) is 10.9. The third kappa shape index (κ3) is 50.9. The van der Waals surface area contributed by atoms with Gasteiger partial charge in [-0.2, -0.15) is 0 Å². The van der Waals surface area contributed by atoms with Crippen molar-refractivity contribution in [3.05, 3.63) is 109 Å². The van der Waals surface area contributed by atoms with Gasteiger partial charge in [-0.25, -0.2) is 0 Å². The number of allylic oxidation sites excluding steroid dienone is 18. The van der Waals surface area contributed by atoms with E-state index < -0.39 is 6.10 Å². The van der Waals surface area contributed by atoms with Gasteiger partial charge in [-0.1, -0.05) is 246 Å². The first-order chi connectivity index (χ1) is 32.0. The highest BCUT2D eigenvalue weighted by atomic mass is 16.6. The summed E-state index contributed by atoms with van der Waals surface area (Å²) in [6.07, 6.45) is 70.8. The quantitative estimate of drug-likeness (QED) is 0.0199. The molecule has 0 radical (unpaired) electrons. The van der Waals surface area contributed by atoms with E-state index in [1.807, 2.05) is 54.7 Å². The van der Waals surface area contributed by atoms with E-state index in [0.717, 1.165) is 89.9 Å². The van der Waals surface area contributed by atoms with Gasteiger partial charge in [0.05, 0.1) is 0 Å². The lowest BCUT2D eigenvalue weighted by Gasteiger charge is -2.18. The molecule has 0 heterocycles. The van der Waals surface area contributed by atoms with Crippen LogP contribution in [0.3, 0.4) is 0 Å². The molecule has 0 aliphatic heterocycles. The predicted octanol–water partition coefficient (Wildman–Crippen LogP) is 17.5. The Morgan fingerprint density at radius 1 is 0.338 bits per heavy atom. The summed E-state index contributed by atoms with van der Waals surface area (Å²) >= 11 is 0. The second-order valence-corrected chi connectivity index (χ2v) is 17.2. The summed E-state index contributed by atoms with van der Waals surface area (Å²) in [5.41, 5.74) is 0. The van der Waals surface area contributed by atoms with Gasteiger partial charge in [-0.3, -0.25) is 14.4 Å². The van der Waals surface area contributed by atoms with Crippen molar-refractivity contribution in [3.8, 4) is 0 Å². The zero-order valence-electron chi connectivity index (χ0n) is 42.0. The monoisotopic (exact) mass is 901 g/mol. The second kappa shape index (κ2) is 52.7. The van der Waals surface area contributed by atoms with Gasteiger partial charge in [-0.05, 0) is 70.6 Å². The molecule has 0 saturated carbocycles. The van der Waals surface area contributed by atoms with Crippen LogP contribution in [0, 0.1) is 0 Å². The van der Waals surface area contributed by atoms with E-state index in [0.29, 0.717) is 19.3 Å². The molecular weight excluding hydrogens is 805 g/mol. The molecule has 0 aliphatic carbocycles. The van der Waals surface area contributed by atoms with Gasteiger partial charge in [0.25, 0.3) is 0 Å². The van der Waals surface area contributed by atoms with E-state index in [1.54, 1.807) is 0 Å². The van der Waals surface area contributed by atoms with Crippen molar-refractivity contribution in [2.45, 2.75) is 232 Å². The minimum atomic E-state index is -0.812. The lowest BCUT2D eigenvalue weighted by Crippen LogP contribution is -2.30. The number of rotatable bonds is 46. The molecule has 0 bridgehead atoms. The number of esters is 3. The Kier molecular flexibility index (Phi) is 49.5. The first kappa shape index (κ1) is 61.1. The van der Waals surface area contributed by atoms with E-state index in [4.69, 9.17) is 14.2 Å². The molecular formula is C59H96O6. The summed E-state index contributed by atoms with van der Waals surface area (Å²) in [6.45, 7) is 6.30. The van der Waals surface area contributed by atoms with Gasteiger partial charge in [0.15, 0.2) is 6.10 Å². The zero-order valence-corrected chi connectivity index (χ0v) is 42.0. The number of hydrogen-bond donors (Lipinski definition) is 0. The number of carbonyl (C=O) groups excluding carboxylic acids is 3. The Morgan fingerprint density at radius 3 is 1.17 bits per heavy atom. The molecule has 0 amide bonds. The van der Waals surface area contributed by atoms with Gasteiger partial charge < -0.3 is 14.2 Å². The maximum Gasteiger partial charge on any atom is 0.306 e. The largest absolute Gasteiger partial charge is 0.462 e. The van der Waals surface area contributed by atoms with Crippen molar-refractivity contribution >= 4 is 17.9 Å². The molecule has 65 heavy (non-hydrogen) atoms. The Morgan fingerprint density at radius 2 is 0.692 bits per heavy atom. The van der Waals surface area contributed by atoms with Crippen LogP contribution in [0.5, 0.6) is 0 Å². The van der Waals surface area contributed by atoms with Crippen LogP contribution in [0.1, 0.15) is 226 Å². The van der Waals surface area contributed by atoms with Gasteiger partial charge in [0, 0.05) is 19.3 Å². The third-order valence-corrected chi connectivity index (χ3v) is 10.9. The predicted molar refractivity (Wildman–Crippen MR) is 279 cm³/mol. The first-order valence-corrected chi connectivity index (χ1v) is 26.5. The van der Waals surface area contributed by atoms with E-state index >= 15 is 0 Å². The summed E-state index contributed by atoms with van der Waals surface area (Å²) in [5.74, 6) is -0.999. The molecule has 0 spiro atoms. The highest BCUT2D eigenvalue weighted by Crippen LogP contribution is 2.15. The van der Waals surface area contributed by atoms with Crippen molar-refractivity contribution in [2.75, 3.05) is 13.2 Å². The van der Waals surface area contributed by atoms with E-state index in [1.165, 1.54) is 89.9 Å². The van der Waals surface area contributed by atoms with Gasteiger partial charge in [-0.15, -0.1) is 0 Å². The molecule has 0 aliphatic rings. The molecule has 0 fully saturated rings. The van der Waals surface area contributed by atoms with Gasteiger partial charge >= 0.3 is 17.9 Å². The fourth-order valence-corrected chi connectivity index (χ4v) is 6.99. The summed E-state index contributed by atoms with van der Waals surface area (Å²) in [7, 11) is 0. The van der Waals surface area contributed by atoms with Gasteiger partial charge in [0.1, 0.15) is 13.2 Å². The Bertz CT molecular complexity index is 1360. The van der Waals surface area contributed by atoms with Crippen molar-refractivity contribution < 1.29 is 28.6 Å². The number of hydrogen-bond acceptors (Lipinski definition) is 6. The highest BCUT2D eigenvalue weighted by Gasteiger charge is 2.19. The zero-order chi connectivity index (χ0) is 47.2. The van der Waals surface area contributed by atoms with Crippen LogP contribution in [0.25, 0.3) is 0 Å². The smallest absolute Gasteiger partial charge is 0.306 e. The first-order valence-electron chi connectivity index (χ1n) is 26.5. The second-order valence-electron chi connectivity index (χ2n) is 17.2. The standard InChI is InChI=1S/C59H96O6/c1-4-7-10-13-16-19-22-25-27-28-29-30-32-34-37-40-43-46-49-52-58(61)64-55-56(54-63-57(60)51-48-45-42-39-36-33-24-21-18-15-12-9-6-3)65-59(62)53-50-47-44-41-38-35-31-26-23-20-17-14-11-8-5-2/h7,9-10,12,15-16,18-19,21,24-25,27,29-30,33,36,39,42,56H,4-6,8,11,13-14,17,20,22-23,26,28,31-32,34-35,37-38,40-41,43-55H2,1-3H3/b10-7-,12-9-,18-15-,19-16-,24-21-,27-25-,30-29-,36-33-,42-39-. The van der Waals surface area contributed by atoms with Crippen LogP contribution in [-0.2, 0) is 28.6 Å². The lowest BCUT2D eigenvalue weighted by atomic mass is 10.0. The summed E-state index contributed by atoms with van der Waals surface area (Å²) < 4.78 is 16.7. The molecule has 0 aromatic heterocycles. The number of carbonyl (C=O) groups is 3. The fourth-order valence-electron chi connectivity index (χ4n) is 6.99. The Labute approximate surface area is 400 Å². The van der Waals surface area contributed by atoms with Crippen LogP contribution in [-0.4, -0.2) is 37.2 Å². The Hall–Kier alpha value is -3.93.